The Labute approximate surface area is 118 Å². The fourth-order valence-electron chi connectivity index (χ4n) is 1.11. The fourth-order valence-corrected chi connectivity index (χ4v) is 2.05. The zero-order valence-electron chi connectivity index (χ0n) is 10.8. The molecule has 0 amide bonds. The molecule has 1 aromatic rings. The lowest BCUT2D eigenvalue weighted by molar-refractivity contribution is 0.564. The van der Waals surface area contributed by atoms with Gasteiger partial charge in [0.2, 0.25) is 0 Å². The molecule has 0 saturated carbocycles. The highest BCUT2D eigenvalue weighted by Gasteiger charge is 2.07. The summed E-state index contributed by atoms with van der Waals surface area (Å²) in [7, 11) is 1.80. The van der Waals surface area contributed by atoms with Gasteiger partial charge in [0.05, 0.1) is 0 Å². The highest BCUT2D eigenvalue weighted by molar-refractivity contribution is 8.22. The van der Waals surface area contributed by atoms with Crippen molar-refractivity contribution in [2.45, 2.75) is 13.8 Å². The third kappa shape index (κ3) is 5.01. The molecule has 0 aliphatic rings. The molecule has 18 heavy (non-hydrogen) atoms. The monoisotopic (exact) mass is 282 g/mol. The molecule has 0 aliphatic carbocycles. The average molecular weight is 282 g/mol. The maximum Gasteiger partial charge on any atom is 0.156 e. The molecular weight excluding hydrogens is 264 g/mol. The predicted octanol–water partition coefficient (Wildman–Crippen LogP) is 2.31. The molecule has 0 unspecified atom stereocenters. The van der Waals surface area contributed by atoms with Crippen molar-refractivity contribution in [2.24, 2.45) is 16.8 Å². The van der Waals surface area contributed by atoms with Crippen LogP contribution in [-0.2, 0) is 0 Å². The lowest BCUT2D eigenvalue weighted by Crippen LogP contribution is -2.24. The number of hydrazone groups is 1. The van der Waals surface area contributed by atoms with Gasteiger partial charge in [-0.2, -0.15) is 5.10 Å². The Hall–Kier alpha value is -1.14. The summed E-state index contributed by atoms with van der Waals surface area (Å²) in [5, 5.41) is 5.88. The third-order valence-electron chi connectivity index (χ3n) is 2.02. The first kappa shape index (κ1) is 14.9. The zero-order valence-corrected chi connectivity index (χ0v) is 12.5. The van der Waals surface area contributed by atoms with E-state index >= 15 is 0 Å². The lowest BCUT2D eigenvalue weighted by atomic mass is 10.3. The molecule has 4 nitrogen and oxygen atoms in total. The molecule has 0 fully saturated rings. The van der Waals surface area contributed by atoms with E-state index in [4.69, 9.17) is 18.0 Å². The molecule has 0 aliphatic heterocycles. The van der Waals surface area contributed by atoms with Crippen LogP contribution in [0.5, 0.6) is 0 Å². The van der Waals surface area contributed by atoms with Crippen molar-refractivity contribution in [1.29, 1.82) is 0 Å². The van der Waals surface area contributed by atoms with Gasteiger partial charge in [0, 0.05) is 30.8 Å². The molecule has 1 aromatic heterocycles. The number of hydrogen-bond donors (Lipinski definition) is 1. The number of aromatic nitrogens is 1. The number of amidine groups is 1. The van der Waals surface area contributed by atoms with Crippen LogP contribution in [0.1, 0.15) is 19.4 Å². The Morgan fingerprint density at radius 2 is 2.33 bits per heavy atom. The smallest absolute Gasteiger partial charge is 0.156 e. The van der Waals surface area contributed by atoms with Crippen LogP contribution in [0.15, 0.2) is 29.6 Å². The van der Waals surface area contributed by atoms with Gasteiger partial charge in [-0.3, -0.25) is 4.98 Å². The zero-order chi connectivity index (χ0) is 13.5. The van der Waals surface area contributed by atoms with Gasteiger partial charge in [-0.1, -0.05) is 37.8 Å². The molecule has 98 valence electrons. The van der Waals surface area contributed by atoms with E-state index in [1.165, 1.54) is 0 Å². The van der Waals surface area contributed by atoms with E-state index in [1.807, 2.05) is 12.1 Å². The Balaban J connectivity index is 2.62. The van der Waals surface area contributed by atoms with Crippen molar-refractivity contribution in [3.05, 3.63) is 30.1 Å². The molecule has 0 spiro atoms. The number of nitrogens with zero attached hydrogens (tertiary/aromatic N) is 3. The normalized spacial score (nSPS) is 11.7. The second-order valence-electron chi connectivity index (χ2n) is 4.22. The van der Waals surface area contributed by atoms with Crippen LogP contribution in [0, 0.1) is 5.92 Å². The van der Waals surface area contributed by atoms with Crippen molar-refractivity contribution in [1.82, 2.24) is 9.99 Å². The highest BCUT2D eigenvalue weighted by atomic mass is 32.2. The number of rotatable bonds is 4. The van der Waals surface area contributed by atoms with Crippen LogP contribution in [0.2, 0.25) is 0 Å². The molecular formula is C12H18N4S2. The molecule has 0 bridgehead atoms. The van der Waals surface area contributed by atoms with E-state index in [2.05, 4.69) is 23.9 Å². The molecule has 0 saturated heterocycles. The summed E-state index contributed by atoms with van der Waals surface area (Å²) < 4.78 is 0.718. The topological polar surface area (TPSA) is 54.5 Å². The van der Waals surface area contributed by atoms with E-state index < -0.39 is 0 Å². The van der Waals surface area contributed by atoms with Crippen LogP contribution in [0.25, 0.3) is 0 Å². The van der Waals surface area contributed by atoms with Gasteiger partial charge in [-0.05, 0) is 18.1 Å². The highest BCUT2D eigenvalue weighted by Crippen LogP contribution is 2.13. The SMILES string of the molecule is CC(C)CSC(=S)N(C)/N=C(\N)c1cccnc1. The first-order valence-electron chi connectivity index (χ1n) is 5.65. The lowest BCUT2D eigenvalue weighted by Gasteiger charge is -2.15. The van der Waals surface area contributed by atoms with Crippen molar-refractivity contribution in [3.63, 3.8) is 0 Å². The molecule has 0 atom stereocenters. The maximum absolute atomic E-state index is 5.89. The molecule has 1 rings (SSSR count). The summed E-state index contributed by atoms with van der Waals surface area (Å²) >= 11 is 6.88. The number of thioether (sulfide) groups is 1. The van der Waals surface area contributed by atoms with Crippen molar-refractivity contribution < 1.29 is 0 Å². The summed E-state index contributed by atoms with van der Waals surface area (Å²) in [5.74, 6) is 1.99. The Kier molecular flexibility index (Phi) is 6.07. The number of pyridine rings is 1. The minimum atomic E-state index is 0.415. The summed E-state index contributed by atoms with van der Waals surface area (Å²) in [5.41, 5.74) is 6.68. The number of hydrogen-bond acceptors (Lipinski definition) is 4. The van der Waals surface area contributed by atoms with E-state index in [0.717, 1.165) is 15.6 Å². The third-order valence-corrected chi connectivity index (χ3v) is 3.98. The van der Waals surface area contributed by atoms with Crippen molar-refractivity contribution in [2.75, 3.05) is 12.8 Å². The molecule has 0 aromatic carbocycles. The van der Waals surface area contributed by atoms with Gasteiger partial charge < -0.3 is 5.73 Å². The predicted molar refractivity (Wildman–Crippen MR) is 82.6 cm³/mol. The Morgan fingerprint density at radius 1 is 1.61 bits per heavy atom. The van der Waals surface area contributed by atoms with Crippen LogP contribution < -0.4 is 5.73 Å². The van der Waals surface area contributed by atoms with Crippen LogP contribution in [-0.4, -0.2) is 32.9 Å². The van der Waals surface area contributed by atoms with Crippen molar-refractivity contribution >= 4 is 34.1 Å². The van der Waals surface area contributed by atoms with Gasteiger partial charge in [0.25, 0.3) is 0 Å². The van der Waals surface area contributed by atoms with E-state index in [1.54, 1.807) is 36.2 Å². The van der Waals surface area contributed by atoms with E-state index in [-0.39, 0.29) is 0 Å². The Morgan fingerprint density at radius 3 is 2.89 bits per heavy atom. The van der Waals surface area contributed by atoms with Crippen LogP contribution in [0.3, 0.4) is 0 Å². The first-order valence-corrected chi connectivity index (χ1v) is 7.05. The number of thiocarbonyl (C=S) groups is 1. The Bertz CT molecular complexity index is 417. The first-order chi connectivity index (χ1) is 8.50. The molecule has 2 N–H and O–H groups in total. The summed E-state index contributed by atoms with van der Waals surface area (Å²) in [6.45, 7) is 4.31. The van der Waals surface area contributed by atoms with Crippen LogP contribution in [0.4, 0.5) is 0 Å². The van der Waals surface area contributed by atoms with Gasteiger partial charge in [0.1, 0.15) is 0 Å². The minimum Gasteiger partial charge on any atom is -0.382 e. The molecule has 0 radical (unpaired) electrons. The quantitative estimate of drug-likeness (QED) is 0.397. The second-order valence-corrected chi connectivity index (χ2v) is 5.88. The summed E-state index contributed by atoms with van der Waals surface area (Å²) in [6.07, 6.45) is 3.38. The maximum atomic E-state index is 5.89. The summed E-state index contributed by atoms with van der Waals surface area (Å²) in [6, 6.07) is 3.69. The molecule has 1 heterocycles. The molecule has 6 heteroatoms. The van der Waals surface area contributed by atoms with Crippen LogP contribution >= 0.6 is 24.0 Å². The largest absolute Gasteiger partial charge is 0.382 e. The minimum absolute atomic E-state index is 0.415. The van der Waals surface area contributed by atoms with Crippen molar-refractivity contribution in [3.8, 4) is 0 Å². The van der Waals surface area contributed by atoms with E-state index in [0.29, 0.717) is 11.8 Å². The number of nitrogens with two attached hydrogens (primary N) is 1. The van der Waals surface area contributed by atoms with E-state index in [9.17, 15) is 0 Å². The van der Waals surface area contributed by atoms with Gasteiger partial charge in [-0.25, -0.2) is 5.01 Å². The average Bonchev–Trinajstić information content (AvgIpc) is 2.36. The summed E-state index contributed by atoms with van der Waals surface area (Å²) in [4.78, 5) is 4.00. The van der Waals surface area contributed by atoms with Gasteiger partial charge >= 0.3 is 0 Å². The van der Waals surface area contributed by atoms with Gasteiger partial charge in [-0.15, -0.1) is 0 Å². The second kappa shape index (κ2) is 7.33. The fraction of sp³-hybridized carbons (Fsp3) is 0.417. The standard InChI is InChI=1S/C12H18N4S2/c1-9(2)8-18-12(17)16(3)15-11(13)10-5-4-6-14-7-10/h4-7,9H,8H2,1-3H3,(H2,13,15). The van der Waals surface area contributed by atoms with Gasteiger partial charge in [0.15, 0.2) is 10.2 Å².